The lowest BCUT2D eigenvalue weighted by molar-refractivity contribution is -0.126. The monoisotopic (exact) mass is 319 g/mol. The van der Waals surface area contributed by atoms with Crippen molar-refractivity contribution in [1.82, 2.24) is 15.1 Å². The van der Waals surface area contributed by atoms with Gasteiger partial charge in [0.05, 0.1) is 18.2 Å². The number of hydrogen-bond acceptors (Lipinski definition) is 3. The van der Waals surface area contributed by atoms with Crippen molar-refractivity contribution >= 4 is 5.91 Å². The van der Waals surface area contributed by atoms with Crippen molar-refractivity contribution in [3.8, 4) is 0 Å². The number of benzene rings is 1. The number of amides is 1. The van der Waals surface area contributed by atoms with Crippen LogP contribution in [0.5, 0.6) is 0 Å². The summed E-state index contributed by atoms with van der Waals surface area (Å²) >= 11 is 0. The number of carbonyl (C=O) groups is 1. The third-order valence-electron chi connectivity index (χ3n) is 4.03. The van der Waals surface area contributed by atoms with Crippen LogP contribution in [0, 0.1) is 5.82 Å². The third-order valence-corrected chi connectivity index (χ3v) is 4.03. The zero-order valence-corrected chi connectivity index (χ0v) is 13.8. The van der Waals surface area contributed by atoms with Crippen LogP contribution in [-0.4, -0.2) is 27.3 Å². The highest BCUT2D eigenvalue weighted by atomic mass is 19.1. The van der Waals surface area contributed by atoms with Gasteiger partial charge in [-0.15, -0.1) is 0 Å². The molecular formula is C17H22FN3O2. The van der Waals surface area contributed by atoms with Gasteiger partial charge < -0.3 is 10.4 Å². The smallest absolute Gasteiger partial charge is 0.230 e. The van der Waals surface area contributed by atoms with Gasteiger partial charge in [-0.1, -0.05) is 12.1 Å². The highest BCUT2D eigenvalue weighted by molar-refractivity contribution is 5.87. The fourth-order valence-corrected chi connectivity index (χ4v) is 2.28. The minimum atomic E-state index is -1.23. The molecule has 5 nitrogen and oxygen atoms in total. The van der Waals surface area contributed by atoms with Gasteiger partial charge in [0, 0.05) is 18.8 Å². The van der Waals surface area contributed by atoms with Crippen LogP contribution in [0.4, 0.5) is 4.39 Å². The Morgan fingerprint density at radius 2 is 2.04 bits per heavy atom. The standard InChI is InChI=1S/C17H22FN3O2/c1-16(2,12-6-5-7-14(18)8-12)15(22)19-11-17(3,23)13-9-20-21(4)10-13/h5-10,23H,11H2,1-4H3,(H,19,22)/t17-/m1/s1. The van der Waals surface area contributed by atoms with Crippen molar-refractivity contribution in [2.75, 3.05) is 6.54 Å². The second-order valence-electron chi connectivity index (χ2n) is 6.49. The quantitative estimate of drug-likeness (QED) is 0.884. The number of carbonyl (C=O) groups excluding carboxylic acids is 1. The van der Waals surface area contributed by atoms with Gasteiger partial charge in [-0.2, -0.15) is 5.10 Å². The number of nitrogens with one attached hydrogen (secondary N) is 1. The summed E-state index contributed by atoms with van der Waals surface area (Å²) in [4.78, 5) is 12.5. The summed E-state index contributed by atoms with van der Waals surface area (Å²) in [7, 11) is 1.76. The Labute approximate surface area is 135 Å². The second-order valence-corrected chi connectivity index (χ2v) is 6.49. The summed E-state index contributed by atoms with van der Waals surface area (Å²) in [5.74, 6) is -0.669. The van der Waals surface area contributed by atoms with Gasteiger partial charge in [0.15, 0.2) is 0 Å². The fourth-order valence-electron chi connectivity index (χ4n) is 2.28. The number of halogens is 1. The molecule has 6 heteroatoms. The van der Waals surface area contributed by atoms with E-state index < -0.39 is 11.0 Å². The van der Waals surface area contributed by atoms with Crippen LogP contribution in [0.1, 0.15) is 31.9 Å². The molecule has 2 rings (SSSR count). The molecule has 1 amide bonds. The Bertz CT molecular complexity index is 707. The first-order valence-electron chi connectivity index (χ1n) is 7.39. The third kappa shape index (κ3) is 3.76. The van der Waals surface area contributed by atoms with Crippen molar-refractivity contribution < 1.29 is 14.3 Å². The van der Waals surface area contributed by atoms with Crippen molar-refractivity contribution in [3.05, 3.63) is 53.6 Å². The Hall–Kier alpha value is -2.21. The summed E-state index contributed by atoms with van der Waals surface area (Å²) in [5.41, 5.74) is -0.949. The van der Waals surface area contributed by atoms with Crippen molar-refractivity contribution in [2.45, 2.75) is 31.8 Å². The van der Waals surface area contributed by atoms with Gasteiger partial charge in [-0.25, -0.2) is 4.39 Å². The Balaban J connectivity index is 2.09. The largest absolute Gasteiger partial charge is 0.383 e. The van der Waals surface area contributed by atoms with Gasteiger partial charge in [0.25, 0.3) is 0 Å². The first-order valence-corrected chi connectivity index (χ1v) is 7.39. The van der Waals surface area contributed by atoms with E-state index in [0.29, 0.717) is 11.1 Å². The zero-order chi connectivity index (χ0) is 17.3. The van der Waals surface area contributed by atoms with E-state index in [0.717, 1.165) is 0 Å². The van der Waals surface area contributed by atoms with Crippen molar-refractivity contribution in [2.24, 2.45) is 7.05 Å². The minimum absolute atomic E-state index is 0.0380. The summed E-state index contributed by atoms with van der Waals surface area (Å²) in [6, 6.07) is 5.97. The fraction of sp³-hybridized carbons (Fsp3) is 0.412. The highest BCUT2D eigenvalue weighted by Crippen LogP contribution is 2.25. The van der Waals surface area contributed by atoms with Crippen LogP contribution >= 0.6 is 0 Å². The average molecular weight is 319 g/mol. The maximum Gasteiger partial charge on any atom is 0.230 e. The predicted molar refractivity (Wildman–Crippen MR) is 85.2 cm³/mol. The number of aromatic nitrogens is 2. The molecule has 0 spiro atoms. The molecule has 1 aromatic carbocycles. The lowest BCUT2D eigenvalue weighted by atomic mass is 9.83. The maximum atomic E-state index is 13.4. The van der Waals surface area contributed by atoms with Crippen LogP contribution in [0.15, 0.2) is 36.7 Å². The molecule has 0 saturated heterocycles. The molecule has 0 saturated carbocycles. The van der Waals surface area contributed by atoms with Crippen molar-refractivity contribution in [3.63, 3.8) is 0 Å². The van der Waals surface area contributed by atoms with Crippen LogP contribution in [-0.2, 0) is 22.9 Å². The molecule has 23 heavy (non-hydrogen) atoms. The summed E-state index contributed by atoms with van der Waals surface area (Å²) in [6.45, 7) is 5.08. The number of rotatable bonds is 5. The van der Waals surface area contributed by atoms with E-state index in [2.05, 4.69) is 10.4 Å². The number of hydrogen-bond donors (Lipinski definition) is 2. The first kappa shape index (κ1) is 17.1. The zero-order valence-electron chi connectivity index (χ0n) is 13.8. The SMILES string of the molecule is Cn1cc([C@](C)(O)CNC(=O)C(C)(C)c2cccc(F)c2)cn1. The second kappa shape index (κ2) is 6.12. The molecule has 0 bridgehead atoms. The van der Waals surface area contributed by atoms with E-state index in [-0.39, 0.29) is 18.3 Å². The lowest BCUT2D eigenvalue weighted by Crippen LogP contribution is -2.45. The summed E-state index contributed by atoms with van der Waals surface area (Å²) in [6.07, 6.45) is 3.26. The maximum absolute atomic E-state index is 13.4. The molecular weight excluding hydrogens is 297 g/mol. The van der Waals surface area contributed by atoms with Crippen LogP contribution in [0.25, 0.3) is 0 Å². The Morgan fingerprint density at radius 3 is 2.61 bits per heavy atom. The Morgan fingerprint density at radius 1 is 1.35 bits per heavy atom. The van der Waals surface area contributed by atoms with Crippen molar-refractivity contribution in [1.29, 1.82) is 0 Å². The van der Waals surface area contributed by atoms with Gasteiger partial charge in [0.1, 0.15) is 11.4 Å². The minimum Gasteiger partial charge on any atom is -0.383 e. The lowest BCUT2D eigenvalue weighted by Gasteiger charge is -2.28. The van der Waals surface area contributed by atoms with E-state index in [9.17, 15) is 14.3 Å². The Kier molecular flexibility index (Phi) is 4.56. The van der Waals surface area contributed by atoms with Gasteiger partial charge in [-0.05, 0) is 38.5 Å². The summed E-state index contributed by atoms with van der Waals surface area (Å²) < 4.78 is 15.0. The van der Waals surface area contributed by atoms with E-state index in [1.165, 1.54) is 12.1 Å². The summed E-state index contributed by atoms with van der Waals surface area (Å²) in [5, 5.41) is 17.3. The average Bonchev–Trinajstić information content (AvgIpc) is 2.92. The molecule has 1 atom stereocenters. The molecule has 124 valence electrons. The molecule has 0 aliphatic rings. The molecule has 2 aromatic rings. The van der Waals surface area contributed by atoms with E-state index >= 15 is 0 Å². The molecule has 0 fully saturated rings. The topological polar surface area (TPSA) is 67.2 Å². The van der Waals surface area contributed by atoms with Crippen LogP contribution < -0.4 is 5.32 Å². The van der Waals surface area contributed by atoms with Gasteiger partial charge in [-0.3, -0.25) is 9.48 Å². The normalized spacial score (nSPS) is 14.3. The molecule has 2 N–H and O–H groups in total. The molecule has 0 radical (unpaired) electrons. The number of aliphatic hydroxyl groups is 1. The van der Waals surface area contributed by atoms with Crippen LogP contribution in [0.3, 0.4) is 0 Å². The molecule has 1 aromatic heterocycles. The van der Waals surface area contributed by atoms with E-state index in [4.69, 9.17) is 0 Å². The van der Waals surface area contributed by atoms with Crippen LogP contribution in [0.2, 0.25) is 0 Å². The number of nitrogens with zero attached hydrogens (tertiary/aromatic N) is 2. The van der Waals surface area contributed by atoms with Gasteiger partial charge in [0.2, 0.25) is 5.91 Å². The molecule has 1 heterocycles. The first-order chi connectivity index (χ1) is 10.6. The molecule has 0 unspecified atom stereocenters. The molecule has 0 aliphatic carbocycles. The molecule has 0 aliphatic heterocycles. The van der Waals surface area contributed by atoms with E-state index in [1.807, 2.05) is 0 Å². The van der Waals surface area contributed by atoms with Gasteiger partial charge >= 0.3 is 0 Å². The highest BCUT2D eigenvalue weighted by Gasteiger charge is 2.32. The predicted octanol–water partition coefficient (Wildman–Crippen LogP) is 1.86. The number of aryl methyl sites for hydroxylation is 1. The van der Waals surface area contributed by atoms with E-state index in [1.54, 1.807) is 57.0 Å².